The third-order valence-corrected chi connectivity index (χ3v) is 5.10. The van der Waals surface area contributed by atoms with Gasteiger partial charge in [0.25, 0.3) is 0 Å². The van der Waals surface area contributed by atoms with Crippen LogP contribution in [0.4, 0.5) is 10.1 Å². The highest BCUT2D eigenvalue weighted by atomic mass is 19.1. The van der Waals surface area contributed by atoms with Gasteiger partial charge < -0.3 is 15.1 Å². The van der Waals surface area contributed by atoms with Gasteiger partial charge in [-0.2, -0.15) is 0 Å². The smallest absolute Gasteiger partial charge is 0.236 e. The summed E-state index contributed by atoms with van der Waals surface area (Å²) in [5.41, 5.74) is 1.09. The van der Waals surface area contributed by atoms with Gasteiger partial charge in [0.05, 0.1) is 6.54 Å². The van der Waals surface area contributed by atoms with E-state index < -0.39 is 0 Å². The van der Waals surface area contributed by atoms with Gasteiger partial charge in [0.1, 0.15) is 5.82 Å². The molecular weight excluding hydrogens is 307 g/mol. The van der Waals surface area contributed by atoms with Crippen molar-refractivity contribution in [1.82, 2.24) is 15.1 Å². The molecule has 3 rings (SSSR count). The van der Waals surface area contributed by atoms with E-state index in [1.165, 1.54) is 18.6 Å². The van der Waals surface area contributed by atoms with Crippen molar-refractivity contribution in [3.63, 3.8) is 0 Å². The van der Waals surface area contributed by atoms with Crippen molar-refractivity contribution in [3.05, 3.63) is 30.1 Å². The quantitative estimate of drug-likeness (QED) is 0.897. The summed E-state index contributed by atoms with van der Waals surface area (Å²) in [4.78, 5) is 18.9. The molecule has 24 heavy (non-hydrogen) atoms. The molecule has 0 radical (unpaired) electrons. The number of halogens is 1. The molecule has 5 nitrogen and oxygen atoms in total. The fraction of sp³-hybridized carbons (Fsp3) is 0.611. The lowest BCUT2D eigenvalue weighted by Gasteiger charge is -2.44. The van der Waals surface area contributed by atoms with Crippen LogP contribution >= 0.6 is 0 Å². The first-order valence-electron chi connectivity index (χ1n) is 8.84. The maximum atomic E-state index is 13.1. The number of hydrogen-bond acceptors (Lipinski definition) is 4. The van der Waals surface area contributed by atoms with Crippen molar-refractivity contribution in [2.24, 2.45) is 0 Å². The molecule has 132 valence electrons. The van der Waals surface area contributed by atoms with Gasteiger partial charge in [0.15, 0.2) is 0 Å². The van der Waals surface area contributed by atoms with Gasteiger partial charge in [-0.05, 0) is 44.2 Å². The summed E-state index contributed by atoms with van der Waals surface area (Å²) in [7, 11) is 1.81. The number of nitrogens with one attached hydrogen (secondary N) is 1. The fourth-order valence-electron chi connectivity index (χ4n) is 3.74. The highest BCUT2D eigenvalue weighted by Crippen LogP contribution is 2.21. The molecule has 2 heterocycles. The summed E-state index contributed by atoms with van der Waals surface area (Å²) in [6, 6.07) is 7.21. The second-order valence-electron chi connectivity index (χ2n) is 6.67. The van der Waals surface area contributed by atoms with Gasteiger partial charge in [-0.25, -0.2) is 4.39 Å². The van der Waals surface area contributed by atoms with E-state index in [0.29, 0.717) is 12.6 Å². The van der Waals surface area contributed by atoms with Gasteiger partial charge in [-0.15, -0.1) is 0 Å². The van der Waals surface area contributed by atoms with Crippen LogP contribution in [0, 0.1) is 5.82 Å². The molecule has 1 amide bonds. The van der Waals surface area contributed by atoms with Gasteiger partial charge in [0, 0.05) is 51.0 Å². The number of anilines is 1. The molecule has 2 fully saturated rings. The van der Waals surface area contributed by atoms with E-state index in [9.17, 15) is 9.18 Å². The molecule has 0 aliphatic carbocycles. The highest BCUT2D eigenvalue weighted by molar-refractivity contribution is 5.78. The van der Waals surface area contributed by atoms with E-state index in [1.54, 1.807) is 0 Å². The second-order valence-corrected chi connectivity index (χ2v) is 6.67. The predicted octanol–water partition coefficient (Wildman–Crippen LogP) is 1.16. The fourth-order valence-corrected chi connectivity index (χ4v) is 3.74. The van der Waals surface area contributed by atoms with E-state index >= 15 is 0 Å². The van der Waals surface area contributed by atoms with E-state index in [1.807, 2.05) is 24.1 Å². The van der Waals surface area contributed by atoms with Gasteiger partial charge >= 0.3 is 0 Å². The summed E-state index contributed by atoms with van der Waals surface area (Å²) >= 11 is 0. The maximum absolute atomic E-state index is 13.1. The molecule has 0 bridgehead atoms. The van der Waals surface area contributed by atoms with Crippen molar-refractivity contribution in [3.8, 4) is 0 Å². The molecule has 0 saturated carbocycles. The summed E-state index contributed by atoms with van der Waals surface area (Å²) in [6.07, 6.45) is 2.25. The number of piperidine rings is 1. The van der Waals surface area contributed by atoms with Crippen LogP contribution in [0.1, 0.15) is 12.8 Å². The van der Waals surface area contributed by atoms with Crippen LogP contribution in [0.3, 0.4) is 0 Å². The van der Waals surface area contributed by atoms with E-state index in [4.69, 9.17) is 0 Å². The number of likely N-dealkylation sites (N-methyl/N-ethyl adjacent to an activating group) is 1. The average Bonchev–Trinajstić information content (AvgIpc) is 2.63. The minimum atomic E-state index is -0.189. The van der Waals surface area contributed by atoms with Crippen LogP contribution in [-0.4, -0.2) is 74.6 Å². The largest absolute Gasteiger partial charge is 0.369 e. The van der Waals surface area contributed by atoms with E-state index in [-0.39, 0.29) is 11.7 Å². The molecule has 2 aliphatic heterocycles. The van der Waals surface area contributed by atoms with E-state index in [2.05, 4.69) is 15.1 Å². The Hall–Kier alpha value is -1.66. The molecule has 1 aromatic rings. The molecule has 2 aliphatic rings. The maximum Gasteiger partial charge on any atom is 0.236 e. The zero-order chi connectivity index (χ0) is 16.9. The van der Waals surface area contributed by atoms with Gasteiger partial charge in [-0.3, -0.25) is 9.69 Å². The molecule has 1 N–H and O–H groups in total. The van der Waals surface area contributed by atoms with Crippen molar-refractivity contribution >= 4 is 11.6 Å². The first-order chi connectivity index (χ1) is 11.7. The predicted molar refractivity (Wildman–Crippen MR) is 93.7 cm³/mol. The Morgan fingerprint density at radius 1 is 1.17 bits per heavy atom. The van der Waals surface area contributed by atoms with Crippen LogP contribution in [0.2, 0.25) is 0 Å². The Morgan fingerprint density at radius 2 is 1.88 bits per heavy atom. The Balaban J connectivity index is 1.52. The molecule has 0 aromatic heterocycles. The zero-order valence-electron chi connectivity index (χ0n) is 14.4. The van der Waals surface area contributed by atoms with Crippen molar-refractivity contribution in [2.45, 2.75) is 18.9 Å². The molecular formula is C18H27FN4O. The van der Waals surface area contributed by atoms with Crippen molar-refractivity contribution in [2.75, 3.05) is 57.8 Å². The summed E-state index contributed by atoms with van der Waals surface area (Å²) < 4.78 is 13.1. The molecule has 0 unspecified atom stereocenters. The zero-order valence-corrected chi connectivity index (χ0v) is 14.4. The lowest BCUT2D eigenvalue weighted by Crippen LogP contribution is -2.56. The monoisotopic (exact) mass is 334 g/mol. The van der Waals surface area contributed by atoms with Crippen LogP contribution in [-0.2, 0) is 4.79 Å². The summed E-state index contributed by atoms with van der Waals surface area (Å²) in [5, 5.41) is 2.95. The number of piperazine rings is 1. The second kappa shape index (κ2) is 7.94. The van der Waals surface area contributed by atoms with Crippen LogP contribution in [0.5, 0.6) is 0 Å². The first-order valence-corrected chi connectivity index (χ1v) is 8.84. The molecule has 6 heteroatoms. The molecule has 1 atom stereocenters. The Labute approximate surface area is 143 Å². The third kappa shape index (κ3) is 4.05. The Kier molecular flexibility index (Phi) is 5.68. The summed E-state index contributed by atoms with van der Waals surface area (Å²) in [5.74, 6) is 0.0121. The number of carbonyl (C=O) groups excluding carboxylic acids is 1. The van der Waals surface area contributed by atoms with Crippen molar-refractivity contribution in [1.29, 1.82) is 0 Å². The highest BCUT2D eigenvalue weighted by Gasteiger charge is 2.29. The molecule has 0 spiro atoms. The molecule has 1 aromatic carbocycles. The lowest BCUT2D eigenvalue weighted by molar-refractivity contribution is -0.132. The SMILES string of the molecule is CNCC(=O)N1CCC[C@@H](N2CCN(c3ccc(F)cc3)CC2)C1. The van der Waals surface area contributed by atoms with Crippen LogP contribution < -0.4 is 10.2 Å². The number of likely N-dealkylation sites (tertiary alicyclic amines) is 1. The van der Waals surface area contributed by atoms with Gasteiger partial charge in [0.2, 0.25) is 5.91 Å². The Morgan fingerprint density at radius 3 is 2.54 bits per heavy atom. The number of amides is 1. The minimum absolute atomic E-state index is 0.189. The average molecular weight is 334 g/mol. The van der Waals surface area contributed by atoms with E-state index in [0.717, 1.165) is 51.4 Å². The first kappa shape index (κ1) is 17.2. The number of carbonyl (C=O) groups is 1. The number of nitrogens with zero attached hydrogens (tertiary/aromatic N) is 3. The third-order valence-electron chi connectivity index (χ3n) is 5.10. The summed E-state index contributed by atoms with van der Waals surface area (Å²) in [6.45, 7) is 6.04. The van der Waals surface area contributed by atoms with Crippen LogP contribution in [0.15, 0.2) is 24.3 Å². The molecule has 2 saturated heterocycles. The number of hydrogen-bond donors (Lipinski definition) is 1. The van der Waals surface area contributed by atoms with Crippen LogP contribution in [0.25, 0.3) is 0 Å². The standard InChI is InChI=1S/C18H27FN4O/c1-20-13-18(24)23-8-2-3-17(14-23)22-11-9-21(10-12-22)16-6-4-15(19)5-7-16/h4-7,17,20H,2-3,8-14H2,1H3/t17-/m1/s1. The number of benzene rings is 1. The van der Waals surface area contributed by atoms with Crippen molar-refractivity contribution < 1.29 is 9.18 Å². The number of rotatable bonds is 4. The lowest BCUT2D eigenvalue weighted by atomic mass is 10.0. The topological polar surface area (TPSA) is 38.8 Å². The normalized spacial score (nSPS) is 22.7. The van der Waals surface area contributed by atoms with Gasteiger partial charge in [-0.1, -0.05) is 0 Å². The minimum Gasteiger partial charge on any atom is -0.369 e. The Bertz CT molecular complexity index is 542.